The Balaban J connectivity index is 1.65. The van der Waals surface area contributed by atoms with Gasteiger partial charge in [-0.15, -0.1) is 0 Å². The van der Waals surface area contributed by atoms with Crippen LogP contribution in [0.3, 0.4) is 0 Å². The van der Waals surface area contributed by atoms with Gasteiger partial charge in [0.15, 0.2) is 0 Å². The second-order valence-corrected chi connectivity index (χ2v) is 6.30. The molecule has 0 spiro atoms. The predicted molar refractivity (Wildman–Crippen MR) is 103 cm³/mol. The first kappa shape index (κ1) is 16.2. The van der Waals surface area contributed by atoms with Crippen molar-refractivity contribution >= 4 is 46.4 Å². The summed E-state index contributed by atoms with van der Waals surface area (Å²) in [5, 5.41) is 6.16. The van der Waals surface area contributed by atoms with Gasteiger partial charge in [0.1, 0.15) is 0 Å². The van der Waals surface area contributed by atoms with Crippen LogP contribution in [0.1, 0.15) is 21.6 Å². The molecule has 0 aliphatic carbocycles. The predicted octanol–water partition coefficient (Wildman–Crippen LogP) is 4.41. The van der Waals surface area contributed by atoms with Crippen LogP contribution in [-0.4, -0.2) is 16.8 Å². The van der Waals surface area contributed by atoms with Gasteiger partial charge in [-0.3, -0.25) is 9.59 Å². The first-order valence-electron chi connectivity index (χ1n) is 7.98. The molecule has 2 amide bonds. The number of carbonyl (C=O) groups is 2. The van der Waals surface area contributed by atoms with Crippen LogP contribution in [0.4, 0.5) is 11.4 Å². The number of aromatic amines is 1. The van der Waals surface area contributed by atoms with Crippen molar-refractivity contribution in [3.8, 4) is 0 Å². The average molecular weight is 364 g/mol. The molecule has 2 aromatic carbocycles. The van der Waals surface area contributed by atoms with Crippen molar-refractivity contribution in [2.45, 2.75) is 0 Å². The Morgan fingerprint density at radius 3 is 2.73 bits per heavy atom. The third kappa shape index (κ3) is 3.12. The van der Waals surface area contributed by atoms with Crippen LogP contribution in [0.15, 0.2) is 60.8 Å². The topological polar surface area (TPSA) is 74.0 Å². The van der Waals surface area contributed by atoms with Crippen LogP contribution in [0.5, 0.6) is 0 Å². The van der Waals surface area contributed by atoms with Crippen molar-refractivity contribution in [3.05, 3.63) is 82.6 Å². The highest BCUT2D eigenvalue weighted by Gasteiger charge is 2.25. The van der Waals surface area contributed by atoms with Crippen molar-refractivity contribution < 1.29 is 9.59 Å². The van der Waals surface area contributed by atoms with Crippen molar-refractivity contribution in [2.75, 3.05) is 10.6 Å². The quantitative estimate of drug-likeness (QED) is 0.603. The van der Waals surface area contributed by atoms with Gasteiger partial charge in [0.2, 0.25) is 0 Å². The fourth-order valence-corrected chi connectivity index (χ4v) is 3.02. The summed E-state index contributed by atoms with van der Waals surface area (Å²) in [6.45, 7) is 0. The SMILES string of the molecule is O=C1Nc2ccc(C(=O)Nc3cccc(Cl)c3)cc2/C1=C/c1ccc[nH]1. The number of H-pyrrole nitrogens is 1. The third-order valence-electron chi connectivity index (χ3n) is 4.07. The van der Waals surface area contributed by atoms with Crippen molar-refractivity contribution in [2.24, 2.45) is 0 Å². The fraction of sp³-hybridized carbons (Fsp3) is 0. The largest absolute Gasteiger partial charge is 0.362 e. The van der Waals surface area contributed by atoms with E-state index in [9.17, 15) is 9.59 Å². The van der Waals surface area contributed by atoms with E-state index in [2.05, 4.69) is 15.6 Å². The second-order valence-electron chi connectivity index (χ2n) is 5.86. The third-order valence-corrected chi connectivity index (χ3v) is 4.30. The molecule has 0 fully saturated rings. The highest BCUT2D eigenvalue weighted by atomic mass is 35.5. The normalized spacial score (nSPS) is 14.2. The molecule has 0 unspecified atom stereocenters. The van der Waals surface area contributed by atoms with Gasteiger partial charge in [-0.2, -0.15) is 0 Å². The summed E-state index contributed by atoms with van der Waals surface area (Å²) >= 11 is 5.95. The van der Waals surface area contributed by atoms with E-state index in [1.165, 1.54) is 0 Å². The van der Waals surface area contributed by atoms with Gasteiger partial charge >= 0.3 is 0 Å². The molecule has 5 nitrogen and oxygen atoms in total. The summed E-state index contributed by atoms with van der Waals surface area (Å²) < 4.78 is 0. The molecule has 1 aromatic heterocycles. The van der Waals surface area contributed by atoms with E-state index in [4.69, 9.17) is 11.6 Å². The number of anilines is 2. The van der Waals surface area contributed by atoms with E-state index in [1.54, 1.807) is 54.7 Å². The lowest BCUT2D eigenvalue weighted by Crippen LogP contribution is -2.12. The van der Waals surface area contributed by atoms with E-state index in [0.29, 0.717) is 33.1 Å². The van der Waals surface area contributed by atoms with Crippen LogP contribution in [0.25, 0.3) is 11.6 Å². The summed E-state index contributed by atoms with van der Waals surface area (Å²) in [5.41, 5.74) is 3.78. The van der Waals surface area contributed by atoms with Gasteiger partial charge < -0.3 is 15.6 Å². The summed E-state index contributed by atoms with van der Waals surface area (Å²) in [7, 11) is 0. The maximum absolute atomic E-state index is 12.5. The first-order chi connectivity index (χ1) is 12.6. The minimum Gasteiger partial charge on any atom is -0.362 e. The Bertz CT molecular complexity index is 1040. The molecule has 0 saturated heterocycles. The number of rotatable bonds is 3. The van der Waals surface area contributed by atoms with Gasteiger partial charge in [-0.25, -0.2) is 0 Å². The zero-order valence-corrected chi connectivity index (χ0v) is 14.3. The number of aromatic nitrogens is 1. The van der Waals surface area contributed by atoms with Crippen LogP contribution in [0.2, 0.25) is 5.02 Å². The molecule has 4 rings (SSSR count). The zero-order valence-electron chi connectivity index (χ0n) is 13.5. The summed E-state index contributed by atoms with van der Waals surface area (Å²) in [5.74, 6) is -0.462. The second kappa shape index (κ2) is 6.54. The van der Waals surface area contributed by atoms with Crippen LogP contribution >= 0.6 is 11.6 Å². The molecule has 0 radical (unpaired) electrons. The average Bonchev–Trinajstić information content (AvgIpc) is 3.23. The molecule has 1 aliphatic heterocycles. The van der Waals surface area contributed by atoms with Crippen molar-refractivity contribution in [1.29, 1.82) is 0 Å². The number of carbonyl (C=O) groups excluding carboxylic acids is 2. The molecular weight excluding hydrogens is 350 g/mol. The lowest BCUT2D eigenvalue weighted by atomic mass is 10.0. The number of nitrogens with one attached hydrogen (secondary N) is 3. The monoisotopic (exact) mass is 363 g/mol. The molecule has 3 N–H and O–H groups in total. The maximum atomic E-state index is 12.5. The molecule has 0 saturated carbocycles. The van der Waals surface area contributed by atoms with E-state index in [1.807, 2.05) is 12.1 Å². The highest BCUT2D eigenvalue weighted by Crippen LogP contribution is 2.33. The number of benzene rings is 2. The minimum atomic E-state index is -0.270. The highest BCUT2D eigenvalue weighted by molar-refractivity contribution is 6.35. The fourth-order valence-electron chi connectivity index (χ4n) is 2.83. The molecule has 0 bridgehead atoms. The molecule has 2 heterocycles. The molecular formula is C20H14ClN3O2. The van der Waals surface area contributed by atoms with Gasteiger partial charge in [0.25, 0.3) is 11.8 Å². The number of amides is 2. The number of halogens is 1. The molecule has 26 heavy (non-hydrogen) atoms. The van der Waals surface area contributed by atoms with E-state index >= 15 is 0 Å². The Morgan fingerprint density at radius 2 is 1.96 bits per heavy atom. The van der Waals surface area contributed by atoms with E-state index in [-0.39, 0.29) is 11.8 Å². The summed E-state index contributed by atoms with van der Waals surface area (Å²) in [6.07, 6.45) is 3.55. The molecule has 0 atom stereocenters. The van der Waals surface area contributed by atoms with E-state index in [0.717, 1.165) is 5.69 Å². The van der Waals surface area contributed by atoms with E-state index < -0.39 is 0 Å². The molecule has 1 aliphatic rings. The van der Waals surface area contributed by atoms with Gasteiger partial charge in [-0.05, 0) is 54.6 Å². The van der Waals surface area contributed by atoms with Gasteiger partial charge in [0, 0.05) is 39.4 Å². The lowest BCUT2D eigenvalue weighted by Gasteiger charge is -2.07. The maximum Gasteiger partial charge on any atom is 0.256 e. The molecule has 6 heteroatoms. The van der Waals surface area contributed by atoms with Crippen LogP contribution in [0, 0.1) is 0 Å². The minimum absolute atomic E-state index is 0.193. The van der Waals surface area contributed by atoms with Gasteiger partial charge in [-0.1, -0.05) is 17.7 Å². The van der Waals surface area contributed by atoms with Crippen molar-refractivity contribution in [3.63, 3.8) is 0 Å². The standard InChI is InChI=1S/C20H14ClN3O2/c21-13-3-1-4-15(10-13)23-19(25)12-6-7-18-16(9-12)17(20(26)24-18)11-14-5-2-8-22-14/h1-11,22H,(H,23,25)(H,24,26)/b17-11-. The Hall–Kier alpha value is -3.31. The molecule has 3 aromatic rings. The number of hydrogen-bond donors (Lipinski definition) is 3. The smallest absolute Gasteiger partial charge is 0.256 e. The number of hydrogen-bond acceptors (Lipinski definition) is 2. The number of fused-ring (bicyclic) bond motifs is 1. The van der Waals surface area contributed by atoms with Gasteiger partial charge in [0.05, 0.1) is 5.57 Å². The Labute approximate surface area is 154 Å². The van der Waals surface area contributed by atoms with Crippen LogP contribution < -0.4 is 10.6 Å². The molecule has 128 valence electrons. The van der Waals surface area contributed by atoms with Crippen LogP contribution in [-0.2, 0) is 4.79 Å². The Morgan fingerprint density at radius 1 is 1.08 bits per heavy atom. The first-order valence-corrected chi connectivity index (χ1v) is 8.36. The zero-order chi connectivity index (χ0) is 18.1. The Kier molecular flexibility index (Phi) is 4.07. The van der Waals surface area contributed by atoms with Crippen molar-refractivity contribution in [1.82, 2.24) is 4.98 Å². The lowest BCUT2D eigenvalue weighted by molar-refractivity contribution is -0.110. The summed E-state index contributed by atoms with van der Waals surface area (Å²) in [6, 6.07) is 15.8. The summed E-state index contributed by atoms with van der Waals surface area (Å²) in [4.78, 5) is 27.8.